The van der Waals surface area contributed by atoms with E-state index >= 15 is 0 Å². The lowest BCUT2D eigenvalue weighted by Crippen LogP contribution is -2.28. The molecule has 0 amide bonds. The Morgan fingerprint density at radius 3 is 2.47 bits per heavy atom. The highest BCUT2D eigenvalue weighted by Gasteiger charge is 2.24. The number of rotatable bonds is 5. The first kappa shape index (κ1) is 15.5. The zero-order valence-corrected chi connectivity index (χ0v) is 12.6. The predicted octanol–water partition coefficient (Wildman–Crippen LogP) is 2.31. The molecule has 0 aliphatic carbocycles. The molecule has 0 aliphatic heterocycles. The number of carboxylic acid groups (broad SMARTS) is 1. The average Bonchev–Trinajstić information content (AvgIpc) is 2.65. The molecule has 0 bridgehead atoms. The summed E-state index contributed by atoms with van der Waals surface area (Å²) in [5.41, 5.74) is 1.42. The van der Waals surface area contributed by atoms with Crippen molar-refractivity contribution in [2.45, 2.75) is 20.8 Å². The van der Waals surface area contributed by atoms with E-state index in [-0.39, 0.29) is 5.97 Å². The number of carboxylic acids is 1. The quantitative estimate of drug-likeness (QED) is 0.841. The molecule has 1 aromatic heterocycles. The Labute approximate surface area is 116 Å². The van der Waals surface area contributed by atoms with Gasteiger partial charge in [-0.2, -0.15) is 0 Å². The molecule has 1 aromatic rings. The Hall–Kier alpha value is -1.56. The minimum Gasteiger partial charge on any atom is -0.481 e. The summed E-state index contributed by atoms with van der Waals surface area (Å²) in [4.78, 5) is 25.6. The lowest BCUT2D eigenvalue weighted by Gasteiger charge is -2.21. The molecule has 6 heteroatoms. The van der Waals surface area contributed by atoms with Gasteiger partial charge in [-0.1, -0.05) is 6.92 Å². The second-order valence-corrected chi connectivity index (χ2v) is 5.78. The van der Waals surface area contributed by atoms with E-state index in [0.29, 0.717) is 12.1 Å². The van der Waals surface area contributed by atoms with Gasteiger partial charge in [0.15, 0.2) is 0 Å². The van der Waals surface area contributed by atoms with Crippen LogP contribution in [-0.2, 0) is 9.53 Å². The third-order valence-corrected chi connectivity index (χ3v) is 4.39. The first-order valence-electron chi connectivity index (χ1n) is 5.91. The van der Waals surface area contributed by atoms with Gasteiger partial charge in [-0.3, -0.25) is 4.79 Å². The number of aryl methyl sites for hydroxylation is 1. The summed E-state index contributed by atoms with van der Waals surface area (Å²) in [5.74, 6) is -1.73. The standard InChI is InChI=1S/C13H19NO4S/c1-7(12(15)16)6-14(4)11-10(13(17)18-5)8(2)9(3)19-11/h7H,6H2,1-5H3,(H,15,16). The van der Waals surface area contributed by atoms with Crippen LogP contribution in [0.15, 0.2) is 0 Å². The summed E-state index contributed by atoms with van der Waals surface area (Å²) >= 11 is 1.48. The van der Waals surface area contributed by atoms with Crippen molar-refractivity contribution in [2.24, 2.45) is 5.92 Å². The molecule has 0 aromatic carbocycles. The lowest BCUT2D eigenvalue weighted by atomic mass is 10.1. The van der Waals surface area contributed by atoms with E-state index in [0.717, 1.165) is 15.4 Å². The van der Waals surface area contributed by atoms with Crippen LogP contribution in [0.4, 0.5) is 5.00 Å². The van der Waals surface area contributed by atoms with Crippen molar-refractivity contribution in [1.82, 2.24) is 0 Å². The van der Waals surface area contributed by atoms with Crippen molar-refractivity contribution >= 4 is 28.3 Å². The third-order valence-electron chi connectivity index (χ3n) is 3.07. The zero-order chi connectivity index (χ0) is 14.7. The maximum atomic E-state index is 11.8. The van der Waals surface area contributed by atoms with E-state index in [2.05, 4.69) is 0 Å². The van der Waals surface area contributed by atoms with Crippen molar-refractivity contribution in [2.75, 3.05) is 25.6 Å². The number of anilines is 1. The van der Waals surface area contributed by atoms with E-state index < -0.39 is 11.9 Å². The monoisotopic (exact) mass is 285 g/mol. The van der Waals surface area contributed by atoms with Gasteiger partial charge in [0.25, 0.3) is 0 Å². The highest BCUT2D eigenvalue weighted by molar-refractivity contribution is 7.16. The molecule has 0 radical (unpaired) electrons. The molecule has 0 saturated carbocycles. The Bertz CT molecular complexity index is 495. The molecule has 19 heavy (non-hydrogen) atoms. The molecule has 5 nitrogen and oxygen atoms in total. The Morgan fingerprint density at radius 1 is 1.42 bits per heavy atom. The number of nitrogens with zero attached hydrogens (tertiary/aromatic N) is 1. The van der Waals surface area contributed by atoms with Gasteiger partial charge >= 0.3 is 11.9 Å². The van der Waals surface area contributed by atoms with Crippen molar-refractivity contribution in [3.63, 3.8) is 0 Å². The summed E-state index contributed by atoms with van der Waals surface area (Å²) in [6.45, 7) is 5.79. The molecule has 0 aliphatic rings. The molecule has 1 N–H and O–H groups in total. The van der Waals surface area contributed by atoms with Gasteiger partial charge in [-0.25, -0.2) is 4.79 Å². The van der Waals surface area contributed by atoms with Gasteiger partial charge in [0, 0.05) is 18.5 Å². The lowest BCUT2D eigenvalue weighted by molar-refractivity contribution is -0.140. The SMILES string of the molecule is COC(=O)c1c(N(C)CC(C)C(=O)O)sc(C)c1C. The Balaban J connectivity index is 3.09. The number of aliphatic carboxylic acids is 1. The number of methoxy groups -OCH3 is 1. The highest BCUT2D eigenvalue weighted by Crippen LogP contribution is 2.35. The number of hydrogen-bond acceptors (Lipinski definition) is 5. The van der Waals surface area contributed by atoms with Gasteiger partial charge in [-0.15, -0.1) is 11.3 Å². The summed E-state index contributed by atoms with van der Waals surface area (Å²) in [6.07, 6.45) is 0. The number of carbonyl (C=O) groups is 2. The van der Waals surface area contributed by atoms with Crippen molar-refractivity contribution in [1.29, 1.82) is 0 Å². The van der Waals surface area contributed by atoms with Crippen LogP contribution in [0.25, 0.3) is 0 Å². The minimum atomic E-state index is -0.850. The molecule has 1 heterocycles. The fourth-order valence-corrected chi connectivity index (χ4v) is 2.91. The predicted molar refractivity (Wildman–Crippen MR) is 75.2 cm³/mol. The second kappa shape index (κ2) is 6.06. The molecule has 1 unspecified atom stereocenters. The van der Waals surface area contributed by atoms with Crippen LogP contribution in [0.3, 0.4) is 0 Å². The van der Waals surface area contributed by atoms with Gasteiger partial charge in [-0.05, 0) is 19.4 Å². The molecule has 106 valence electrons. The van der Waals surface area contributed by atoms with E-state index in [1.54, 1.807) is 18.9 Å². The molecule has 0 fully saturated rings. The van der Waals surface area contributed by atoms with Crippen molar-refractivity contribution in [3.8, 4) is 0 Å². The molecule has 1 rings (SSSR count). The topological polar surface area (TPSA) is 66.8 Å². The largest absolute Gasteiger partial charge is 0.481 e. The van der Waals surface area contributed by atoms with E-state index in [4.69, 9.17) is 9.84 Å². The molecular weight excluding hydrogens is 266 g/mol. The fraction of sp³-hybridized carbons (Fsp3) is 0.538. The maximum absolute atomic E-state index is 11.8. The third kappa shape index (κ3) is 3.26. The molecule has 1 atom stereocenters. The van der Waals surface area contributed by atoms with Gasteiger partial charge in [0.05, 0.1) is 18.6 Å². The zero-order valence-electron chi connectivity index (χ0n) is 11.8. The second-order valence-electron chi connectivity index (χ2n) is 4.57. The summed E-state index contributed by atoms with van der Waals surface area (Å²) in [7, 11) is 3.13. The van der Waals surface area contributed by atoms with E-state index in [9.17, 15) is 9.59 Å². The Kier molecular flexibility index (Phi) is 4.94. The summed E-state index contributed by atoms with van der Waals surface area (Å²) in [5, 5.41) is 9.71. The van der Waals surface area contributed by atoms with Crippen LogP contribution in [0, 0.1) is 19.8 Å². The van der Waals surface area contributed by atoms with Gasteiger partial charge in [0.1, 0.15) is 5.00 Å². The van der Waals surface area contributed by atoms with E-state index in [1.807, 2.05) is 13.8 Å². The Morgan fingerprint density at radius 2 is 2.00 bits per heavy atom. The average molecular weight is 285 g/mol. The molecule has 0 spiro atoms. The van der Waals surface area contributed by atoms with Crippen molar-refractivity contribution in [3.05, 3.63) is 16.0 Å². The summed E-state index contributed by atoms with van der Waals surface area (Å²) < 4.78 is 4.80. The molecule has 0 saturated heterocycles. The van der Waals surface area contributed by atoms with Crippen LogP contribution in [0.1, 0.15) is 27.7 Å². The van der Waals surface area contributed by atoms with Crippen LogP contribution in [0.5, 0.6) is 0 Å². The number of thiophene rings is 1. The first-order valence-corrected chi connectivity index (χ1v) is 6.73. The van der Waals surface area contributed by atoms with E-state index in [1.165, 1.54) is 18.4 Å². The van der Waals surface area contributed by atoms with Gasteiger partial charge < -0.3 is 14.7 Å². The number of carbonyl (C=O) groups excluding carboxylic acids is 1. The molecular formula is C13H19NO4S. The van der Waals surface area contributed by atoms with Crippen LogP contribution >= 0.6 is 11.3 Å². The van der Waals surface area contributed by atoms with Crippen LogP contribution < -0.4 is 4.90 Å². The van der Waals surface area contributed by atoms with Crippen LogP contribution in [-0.4, -0.2) is 37.7 Å². The fourth-order valence-electron chi connectivity index (χ4n) is 1.79. The first-order chi connectivity index (χ1) is 8.79. The maximum Gasteiger partial charge on any atom is 0.341 e. The minimum absolute atomic E-state index is 0.346. The van der Waals surface area contributed by atoms with Crippen LogP contribution in [0.2, 0.25) is 0 Å². The smallest absolute Gasteiger partial charge is 0.341 e. The normalized spacial score (nSPS) is 12.1. The number of hydrogen-bond donors (Lipinski definition) is 1. The highest BCUT2D eigenvalue weighted by atomic mass is 32.1. The summed E-state index contributed by atoms with van der Waals surface area (Å²) in [6, 6.07) is 0. The number of ether oxygens (including phenoxy) is 1. The van der Waals surface area contributed by atoms with Gasteiger partial charge in [0.2, 0.25) is 0 Å². The number of esters is 1. The van der Waals surface area contributed by atoms with Crippen molar-refractivity contribution < 1.29 is 19.4 Å².